The maximum atomic E-state index is 13.2. The largest absolute Gasteiger partial charge is 0.467 e. The molecule has 12 heteroatoms. The number of amides is 1. The Labute approximate surface area is 205 Å². The molecule has 0 aliphatic rings. The molecule has 0 spiro atoms. The molecule has 0 unspecified atom stereocenters. The van der Waals surface area contributed by atoms with Crippen molar-refractivity contribution in [3.63, 3.8) is 0 Å². The fraction of sp³-hybridized carbons (Fsp3) is 0.217. The SMILES string of the molecule is CS(=O)(=O)c1ccc2nc(N(Cc3ccco3)C(=O)CCCS(=O)(=O)c3ccc(F)cc3)sc2c1. The summed E-state index contributed by atoms with van der Waals surface area (Å²) in [6.07, 6.45) is 2.56. The molecule has 0 atom stereocenters. The summed E-state index contributed by atoms with van der Waals surface area (Å²) < 4.78 is 67.9. The topological polar surface area (TPSA) is 115 Å². The van der Waals surface area contributed by atoms with Crippen LogP contribution >= 0.6 is 11.3 Å². The van der Waals surface area contributed by atoms with Crippen LogP contribution in [0.25, 0.3) is 10.2 Å². The molecular weight excluding hydrogens is 515 g/mol. The van der Waals surface area contributed by atoms with E-state index in [1.165, 1.54) is 35.4 Å². The van der Waals surface area contributed by atoms with Crippen molar-refractivity contribution in [1.29, 1.82) is 0 Å². The van der Waals surface area contributed by atoms with Crippen LogP contribution in [0.5, 0.6) is 0 Å². The molecule has 2 aromatic heterocycles. The summed E-state index contributed by atoms with van der Waals surface area (Å²) in [5.74, 6) is -0.671. The van der Waals surface area contributed by atoms with Crippen LogP contribution in [0.4, 0.5) is 9.52 Å². The summed E-state index contributed by atoms with van der Waals surface area (Å²) in [6, 6.07) is 12.5. The quantitative estimate of drug-likeness (QED) is 0.294. The van der Waals surface area contributed by atoms with E-state index in [-0.39, 0.29) is 40.8 Å². The first-order chi connectivity index (χ1) is 16.5. The molecule has 0 saturated carbocycles. The number of fused-ring (bicyclic) bond motifs is 1. The van der Waals surface area contributed by atoms with Crippen LogP contribution in [0.15, 0.2) is 75.1 Å². The van der Waals surface area contributed by atoms with Crippen LogP contribution in [-0.2, 0) is 31.0 Å². The highest BCUT2D eigenvalue weighted by atomic mass is 32.2. The van der Waals surface area contributed by atoms with Gasteiger partial charge in [-0.05, 0) is 61.0 Å². The summed E-state index contributed by atoms with van der Waals surface area (Å²) in [4.78, 5) is 19.2. The Hall–Kier alpha value is -3.09. The maximum absolute atomic E-state index is 13.2. The molecule has 0 N–H and O–H groups in total. The lowest BCUT2D eigenvalue weighted by molar-refractivity contribution is -0.118. The van der Waals surface area contributed by atoms with E-state index < -0.39 is 25.5 Å². The van der Waals surface area contributed by atoms with E-state index in [2.05, 4.69) is 4.98 Å². The number of carbonyl (C=O) groups excluding carboxylic acids is 1. The number of halogens is 1. The van der Waals surface area contributed by atoms with Crippen LogP contribution in [0.1, 0.15) is 18.6 Å². The number of thiazole rings is 1. The molecule has 4 rings (SSSR count). The van der Waals surface area contributed by atoms with Gasteiger partial charge < -0.3 is 4.42 Å². The molecule has 0 radical (unpaired) electrons. The highest BCUT2D eigenvalue weighted by Gasteiger charge is 2.23. The summed E-state index contributed by atoms with van der Waals surface area (Å²) >= 11 is 1.16. The molecular formula is C23H21FN2O6S3. The molecule has 4 aromatic rings. The van der Waals surface area contributed by atoms with Gasteiger partial charge in [0.05, 0.1) is 38.6 Å². The minimum absolute atomic E-state index is 0.00774. The van der Waals surface area contributed by atoms with Gasteiger partial charge in [-0.25, -0.2) is 26.2 Å². The summed E-state index contributed by atoms with van der Waals surface area (Å²) in [6.45, 7) is 0.0787. The fourth-order valence-electron chi connectivity index (χ4n) is 3.37. The second-order valence-corrected chi connectivity index (χ2v) is 13.0. The Bertz CT molecular complexity index is 1560. The van der Waals surface area contributed by atoms with E-state index in [1.54, 1.807) is 18.2 Å². The van der Waals surface area contributed by atoms with Gasteiger partial charge in [-0.15, -0.1) is 0 Å². The first-order valence-corrected chi connectivity index (χ1v) is 14.8. The molecule has 0 fully saturated rings. The van der Waals surface area contributed by atoms with Gasteiger partial charge in [-0.3, -0.25) is 9.69 Å². The van der Waals surface area contributed by atoms with Crippen LogP contribution in [-0.4, -0.2) is 39.7 Å². The predicted octanol–water partition coefficient (Wildman–Crippen LogP) is 4.22. The molecule has 0 saturated heterocycles. The molecule has 2 heterocycles. The lowest BCUT2D eigenvalue weighted by atomic mass is 10.3. The summed E-state index contributed by atoms with van der Waals surface area (Å²) in [5.41, 5.74) is 0.536. The zero-order chi connectivity index (χ0) is 25.2. The van der Waals surface area contributed by atoms with Gasteiger partial charge in [0.1, 0.15) is 11.6 Å². The number of furan rings is 1. The molecule has 0 aliphatic heterocycles. The Morgan fingerprint density at radius 3 is 2.43 bits per heavy atom. The lowest BCUT2D eigenvalue weighted by Gasteiger charge is -2.18. The van der Waals surface area contributed by atoms with Crippen LogP contribution in [0, 0.1) is 5.82 Å². The predicted molar refractivity (Wildman–Crippen MR) is 130 cm³/mol. The zero-order valence-electron chi connectivity index (χ0n) is 18.5. The summed E-state index contributed by atoms with van der Waals surface area (Å²) in [5, 5.41) is 0.341. The Morgan fingerprint density at radius 1 is 1.06 bits per heavy atom. The van der Waals surface area contributed by atoms with E-state index in [0.717, 1.165) is 29.7 Å². The highest BCUT2D eigenvalue weighted by molar-refractivity contribution is 7.91. The number of aromatic nitrogens is 1. The van der Waals surface area contributed by atoms with E-state index in [9.17, 15) is 26.0 Å². The van der Waals surface area contributed by atoms with Crippen molar-refractivity contribution >= 4 is 52.3 Å². The van der Waals surface area contributed by atoms with E-state index in [0.29, 0.717) is 21.1 Å². The smallest absolute Gasteiger partial charge is 0.229 e. The fourth-order valence-corrected chi connectivity index (χ4v) is 6.42. The molecule has 0 aliphatic carbocycles. The number of hydrogen-bond donors (Lipinski definition) is 0. The Balaban J connectivity index is 1.54. The van der Waals surface area contributed by atoms with Gasteiger partial charge in [-0.2, -0.15) is 0 Å². The number of nitrogens with zero attached hydrogens (tertiary/aromatic N) is 2. The minimum atomic E-state index is -3.68. The Morgan fingerprint density at radius 2 is 1.77 bits per heavy atom. The minimum Gasteiger partial charge on any atom is -0.467 e. The third-order valence-corrected chi connectivity index (χ3v) is 9.15. The molecule has 0 bridgehead atoms. The van der Waals surface area contributed by atoms with Crippen molar-refractivity contribution in [3.8, 4) is 0 Å². The van der Waals surface area contributed by atoms with E-state index >= 15 is 0 Å². The van der Waals surface area contributed by atoms with Crippen LogP contribution in [0.3, 0.4) is 0 Å². The first-order valence-electron chi connectivity index (χ1n) is 10.4. The molecule has 2 aromatic carbocycles. The van der Waals surface area contributed by atoms with Crippen molar-refractivity contribution < 1.29 is 30.4 Å². The number of carbonyl (C=O) groups is 1. The number of sulfone groups is 2. The standard InChI is InChI=1S/C23H21FN2O6S3/c1-34(28,29)19-10-11-20-21(14-19)33-23(25-20)26(15-17-4-2-12-32-17)22(27)5-3-13-35(30,31)18-8-6-16(24)7-9-18/h2,4,6-12,14H,3,5,13,15H2,1H3. The average molecular weight is 537 g/mol. The summed E-state index contributed by atoms with van der Waals surface area (Å²) in [7, 11) is -7.09. The van der Waals surface area contributed by atoms with Crippen LogP contribution in [0.2, 0.25) is 0 Å². The third-order valence-electron chi connectivity index (χ3n) is 5.18. The van der Waals surface area contributed by atoms with Crippen molar-refractivity contribution in [2.45, 2.75) is 29.2 Å². The number of rotatable bonds is 9. The maximum Gasteiger partial charge on any atom is 0.229 e. The van der Waals surface area contributed by atoms with Gasteiger partial charge in [0.25, 0.3) is 0 Å². The Kier molecular flexibility index (Phi) is 7.06. The zero-order valence-corrected chi connectivity index (χ0v) is 21.0. The van der Waals surface area contributed by atoms with Crippen molar-refractivity contribution in [1.82, 2.24) is 4.98 Å². The molecule has 184 valence electrons. The monoisotopic (exact) mass is 536 g/mol. The van der Waals surface area contributed by atoms with E-state index in [4.69, 9.17) is 4.42 Å². The van der Waals surface area contributed by atoms with Crippen LogP contribution < -0.4 is 4.90 Å². The molecule has 8 nitrogen and oxygen atoms in total. The lowest BCUT2D eigenvalue weighted by Crippen LogP contribution is -2.30. The van der Waals surface area contributed by atoms with Gasteiger partial charge in [0.15, 0.2) is 24.8 Å². The molecule has 35 heavy (non-hydrogen) atoms. The van der Waals surface area contributed by atoms with Gasteiger partial charge in [-0.1, -0.05) is 11.3 Å². The third kappa shape index (κ3) is 5.95. The second-order valence-electron chi connectivity index (χ2n) is 7.83. The normalized spacial score (nSPS) is 12.2. The van der Waals surface area contributed by atoms with Gasteiger partial charge in [0.2, 0.25) is 5.91 Å². The number of anilines is 1. The van der Waals surface area contributed by atoms with Gasteiger partial charge in [0, 0.05) is 12.7 Å². The van der Waals surface area contributed by atoms with Gasteiger partial charge >= 0.3 is 0 Å². The van der Waals surface area contributed by atoms with Crippen molar-refractivity contribution in [2.24, 2.45) is 0 Å². The first kappa shape index (κ1) is 25.0. The van der Waals surface area contributed by atoms with Crippen molar-refractivity contribution in [2.75, 3.05) is 16.9 Å². The number of hydrogen-bond acceptors (Lipinski definition) is 8. The van der Waals surface area contributed by atoms with E-state index in [1.807, 2.05) is 0 Å². The number of benzene rings is 2. The van der Waals surface area contributed by atoms with Crippen molar-refractivity contribution in [3.05, 3.63) is 72.4 Å². The highest BCUT2D eigenvalue weighted by Crippen LogP contribution is 2.32. The molecule has 1 amide bonds. The second kappa shape index (κ2) is 9.88. The average Bonchev–Trinajstić information content (AvgIpc) is 3.46.